The van der Waals surface area contributed by atoms with Gasteiger partial charge in [-0.25, -0.2) is 4.39 Å². The van der Waals surface area contributed by atoms with Gasteiger partial charge < -0.3 is 4.74 Å². The van der Waals surface area contributed by atoms with Crippen molar-refractivity contribution in [2.75, 3.05) is 11.5 Å². The number of alkyl halides is 1. The molecule has 4 aliphatic rings. The largest absolute Gasteiger partial charge is 0.459 e. The van der Waals surface area contributed by atoms with Crippen LogP contribution in [-0.2, 0) is 9.53 Å². The van der Waals surface area contributed by atoms with Gasteiger partial charge in [0.15, 0.2) is 5.67 Å². The normalized spacial score (nSPS) is 44.9. The first-order chi connectivity index (χ1) is 15.2. The number of ether oxygens (including phenoxy) is 1. The van der Waals surface area contributed by atoms with Crippen molar-refractivity contribution >= 4 is 29.5 Å². The molecule has 0 radical (unpaired) electrons. The smallest absolute Gasteiger partial charge is 0.303 e. The van der Waals surface area contributed by atoms with Crippen molar-refractivity contribution in [3.05, 3.63) is 23.8 Å². The van der Waals surface area contributed by atoms with Gasteiger partial charge >= 0.3 is 5.97 Å². The molecule has 7 atom stereocenters. The van der Waals surface area contributed by atoms with Crippen molar-refractivity contribution in [2.24, 2.45) is 22.7 Å². The lowest BCUT2D eigenvalue weighted by atomic mass is 9.46. The summed E-state index contributed by atoms with van der Waals surface area (Å²) in [4.78, 5) is 12.3. The van der Waals surface area contributed by atoms with Gasteiger partial charge in [-0.15, -0.1) is 23.5 Å². The molecule has 3 saturated carbocycles. The summed E-state index contributed by atoms with van der Waals surface area (Å²) in [7, 11) is 0. The van der Waals surface area contributed by atoms with E-state index in [1.807, 2.05) is 0 Å². The number of hydrogen-bond donors (Lipinski definition) is 0. The fourth-order valence-corrected chi connectivity index (χ4v) is 11.5. The number of allylic oxidation sites excluding steroid dienone is 4. The van der Waals surface area contributed by atoms with E-state index in [0.29, 0.717) is 12.3 Å². The Morgan fingerprint density at radius 3 is 2.69 bits per heavy atom. The van der Waals surface area contributed by atoms with E-state index in [2.05, 4.69) is 69.4 Å². The number of thioether (sulfide) groups is 2. The van der Waals surface area contributed by atoms with E-state index in [0.717, 1.165) is 43.6 Å². The molecule has 0 amide bonds. The van der Waals surface area contributed by atoms with E-state index >= 15 is 4.39 Å². The van der Waals surface area contributed by atoms with Gasteiger partial charge in [-0.1, -0.05) is 51.0 Å². The fourth-order valence-electron chi connectivity index (χ4n) is 7.72. The van der Waals surface area contributed by atoms with Crippen LogP contribution in [0.3, 0.4) is 0 Å². The molecule has 3 fully saturated rings. The molecule has 32 heavy (non-hydrogen) atoms. The maximum Gasteiger partial charge on any atom is 0.303 e. The first-order valence-corrected chi connectivity index (χ1v) is 14.7. The van der Waals surface area contributed by atoms with Crippen LogP contribution in [0.25, 0.3) is 0 Å². The van der Waals surface area contributed by atoms with E-state index in [1.54, 1.807) is 0 Å². The van der Waals surface area contributed by atoms with Crippen LogP contribution >= 0.6 is 23.5 Å². The average molecular weight is 481 g/mol. The third kappa shape index (κ3) is 3.46. The predicted octanol–water partition coefficient (Wildman–Crippen LogP) is 7.73. The van der Waals surface area contributed by atoms with Crippen molar-refractivity contribution in [1.82, 2.24) is 0 Å². The number of rotatable bonds is 7. The zero-order valence-corrected chi connectivity index (χ0v) is 22.2. The van der Waals surface area contributed by atoms with E-state index in [9.17, 15) is 4.79 Å². The summed E-state index contributed by atoms with van der Waals surface area (Å²) in [6.07, 6.45) is 13.7. The standard InChI is InChI=1S/C27H41FO2S2/c1-6-8-17-32-26(31-7-2)16-14-21-22-13-12-20-11-9-10-15-24(20,4)27(22,28)23(30-19(3)29)18-25(21,26)5/h10-11,15,21-23H,6-9,12-14,16-18H2,1-5H3/t21-,22-,23-,24-,25-,26?,27-/m0/s1. The van der Waals surface area contributed by atoms with Crippen molar-refractivity contribution < 1.29 is 13.9 Å². The highest BCUT2D eigenvalue weighted by Crippen LogP contribution is 2.74. The summed E-state index contributed by atoms with van der Waals surface area (Å²) in [5, 5.41) is 0. The molecular formula is C27H41FO2S2. The van der Waals surface area contributed by atoms with Crippen LogP contribution in [-0.4, -0.2) is 33.3 Å². The summed E-state index contributed by atoms with van der Waals surface area (Å²) in [5.41, 5.74) is -1.04. The molecule has 0 aromatic heterocycles. The molecule has 0 aliphatic heterocycles. The molecule has 0 saturated heterocycles. The number of fused-ring (bicyclic) bond motifs is 5. The Morgan fingerprint density at radius 2 is 2.00 bits per heavy atom. The maximum atomic E-state index is 17.7. The van der Waals surface area contributed by atoms with Gasteiger partial charge in [0.05, 0.1) is 4.08 Å². The van der Waals surface area contributed by atoms with E-state index < -0.39 is 17.2 Å². The van der Waals surface area contributed by atoms with Gasteiger partial charge in [0.2, 0.25) is 0 Å². The monoisotopic (exact) mass is 480 g/mol. The van der Waals surface area contributed by atoms with Crippen molar-refractivity contribution in [3.8, 4) is 0 Å². The molecule has 0 aromatic rings. The highest BCUT2D eigenvalue weighted by atomic mass is 32.2. The number of esters is 1. The van der Waals surface area contributed by atoms with Crippen molar-refractivity contribution in [1.29, 1.82) is 0 Å². The Kier molecular flexibility index (Phi) is 6.93. The minimum Gasteiger partial charge on any atom is -0.459 e. The third-order valence-corrected chi connectivity index (χ3v) is 13.0. The van der Waals surface area contributed by atoms with Gasteiger partial charge in [-0.05, 0) is 74.7 Å². The molecule has 0 heterocycles. The predicted molar refractivity (Wildman–Crippen MR) is 136 cm³/mol. The van der Waals surface area contributed by atoms with Gasteiger partial charge in [0.25, 0.3) is 0 Å². The molecule has 4 rings (SSSR count). The van der Waals surface area contributed by atoms with Gasteiger partial charge in [-0.2, -0.15) is 0 Å². The Labute approximate surface area is 203 Å². The third-order valence-electron chi connectivity index (χ3n) is 9.23. The molecule has 0 bridgehead atoms. The van der Waals surface area contributed by atoms with Gasteiger partial charge in [-0.3, -0.25) is 4.79 Å². The summed E-state index contributed by atoms with van der Waals surface area (Å²) >= 11 is 4.20. The lowest BCUT2D eigenvalue weighted by Crippen LogP contribution is -2.68. The summed E-state index contributed by atoms with van der Waals surface area (Å²) in [5.74, 6) is 2.14. The minimum atomic E-state index is -1.54. The summed E-state index contributed by atoms with van der Waals surface area (Å²) < 4.78 is 23.8. The van der Waals surface area contributed by atoms with Crippen LogP contribution in [0.2, 0.25) is 0 Å². The van der Waals surface area contributed by atoms with Crippen molar-refractivity contribution in [3.63, 3.8) is 0 Å². The molecular weight excluding hydrogens is 439 g/mol. The molecule has 180 valence electrons. The molecule has 0 spiro atoms. The molecule has 1 unspecified atom stereocenters. The zero-order chi connectivity index (χ0) is 23.2. The fraction of sp³-hybridized carbons (Fsp3) is 0.815. The molecule has 0 aromatic carbocycles. The quantitative estimate of drug-likeness (QED) is 0.161. The Hall–Kier alpha value is -0.420. The van der Waals surface area contributed by atoms with Crippen LogP contribution in [0, 0.1) is 22.7 Å². The van der Waals surface area contributed by atoms with E-state index in [4.69, 9.17) is 4.74 Å². The SMILES string of the molecule is CCCCSC1(SCC)CC[C@H]2[C@@H]3CCC4=CCC=C[C@]4(C)[C@@]3(F)[C@@H](OC(C)=O)C[C@@]21C. The second-order valence-electron chi connectivity index (χ2n) is 10.7. The minimum absolute atomic E-state index is 0.0393. The second-order valence-corrected chi connectivity index (χ2v) is 14.0. The first-order valence-electron chi connectivity index (χ1n) is 12.7. The highest BCUT2D eigenvalue weighted by Gasteiger charge is 2.74. The lowest BCUT2D eigenvalue weighted by Gasteiger charge is -2.63. The zero-order valence-electron chi connectivity index (χ0n) is 20.5. The Morgan fingerprint density at radius 1 is 1.22 bits per heavy atom. The molecule has 5 heteroatoms. The van der Waals surface area contributed by atoms with Crippen LogP contribution < -0.4 is 0 Å². The Bertz CT molecular complexity index is 797. The first kappa shape index (κ1) is 24.7. The number of unbranched alkanes of at least 4 members (excludes halogenated alkanes) is 1. The molecule has 2 nitrogen and oxygen atoms in total. The maximum absolute atomic E-state index is 17.7. The second kappa shape index (κ2) is 8.98. The number of carbonyl (C=O) groups is 1. The molecule has 4 aliphatic carbocycles. The van der Waals surface area contributed by atoms with Gasteiger partial charge in [0.1, 0.15) is 6.10 Å². The van der Waals surface area contributed by atoms with Crippen LogP contribution in [0.5, 0.6) is 0 Å². The topological polar surface area (TPSA) is 26.3 Å². The summed E-state index contributed by atoms with van der Waals surface area (Å²) in [6, 6.07) is 0. The number of carbonyl (C=O) groups excluding carboxylic acids is 1. The van der Waals surface area contributed by atoms with Crippen LogP contribution in [0.1, 0.15) is 86.0 Å². The Balaban J connectivity index is 1.79. The van der Waals surface area contributed by atoms with Gasteiger partial charge in [0, 0.05) is 18.3 Å². The van der Waals surface area contributed by atoms with Crippen LogP contribution in [0.15, 0.2) is 23.8 Å². The van der Waals surface area contributed by atoms with Crippen molar-refractivity contribution in [2.45, 2.75) is 102 Å². The number of hydrogen-bond acceptors (Lipinski definition) is 4. The van der Waals surface area contributed by atoms with E-state index in [1.165, 1.54) is 25.3 Å². The lowest BCUT2D eigenvalue weighted by molar-refractivity contribution is -0.209. The highest BCUT2D eigenvalue weighted by molar-refractivity contribution is 8.18. The number of halogens is 1. The summed E-state index contributed by atoms with van der Waals surface area (Å²) in [6.45, 7) is 10.4. The molecule has 0 N–H and O–H groups in total. The van der Waals surface area contributed by atoms with Crippen LogP contribution in [0.4, 0.5) is 4.39 Å². The van der Waals surface area contributed by atoms with E-state index in [-0.39, 0.29) is 21.4 Å². The average Bonchev–Trinajstić information content (AvgIpc) is 3.01.